The van der Waals surface area contributed by atoms with Crippen molar-refractivity contribution in [3.05, 3.63) is 52.9 Å². The number of rotatable bonds is 11. The Hall–Kier alpha value is -3.64. The van der Waals surface area contributed by atoms with E-state index in [2.05, 4.69) is 22.1 Å². The van der Waals surface area contributed by atoms with Crippen molar-refractivity contribution >= 4 is 51.6 Å². The number of carbonyl (C=O) groups is 3. The van der Waals surface area contributed by atoms with Crippen molar-refractivity contribution in [3.63, 3.8) is 0 Å². The maximum atomic E-state index is 12.8. The van der Waals surface area contributed by atoms with Crippen molar-refractivity contribution in [3.8, 4) is 11.4 Å². The van der Waals surface area contributed by atoms with E-state index in [1.165, 1.54) is 11.8 Å². The molecule has 0 radical (unpaired) electrons. The molecule has 3 rings (SSSR count). The molecule has 10 nitrogen and oxygen atoms in total. The fourth-order valence-corrected chi connectivity index (χ4v) is 5.27. The molecule has 3 aromatic rings. The van der Waals surface area contributed by atoms with Crippen LogP contribution < -0.4 is 16.0 Å². The van der Waals surface area contributed by atoms with Crippen LogP contribution in [0, 0.1) is 6.92 Å². The molecule has 12 heteroatoms. The number of hydrogen-bond donors (Lipinski definition) is 2. The summed E-state index contributed by atoms with van der Waals surface area (Å²) in [6.45, 7) is 9.31. The summed E-state index contributed by atoms with van der Waals surface area (Å²) in [6, 6.07) is 7.92. The number of allylic oxidation sites excluding steroid dienone is 1. The quantitative estimate of drug-likeness (QED) is 0.211. The van der Waals surface area contributed by atoms with Gasteiger partial charge in [-0.1, -0.05) is 17.8 Å². The highest BCUT2D eigenvalue weighted by molar-refractivity contribution is 7.99. The molecule has 0 atom stereocenters. The fourth-order valence-electron chi connectivity index (χ4n) is 3.46. The molecule has 2 aromatic heterocycles. The van der Waals surface area contributed by atoms with Gasteiger partial charge in [-0.2, -0.15) is 0 Å². The van der Waals surface area contributed by atoms with Crippen LogP contribution in [0.15, 0.2) is 42.1 Å². The largest absolute Gasteiger partial charge is 0.459 e. The van der Waals surface area contributed by atoms with Crippen LogP contribution in [0.5, 0.6) is 0 Å². The maximum absolute atomic E-state index is 12.8. The van der Waals surface area contributed by atoms with Gasteiger partial charge >= 0.3 is 5.97 Å². The molecule has 0 fully saturated rings. The lowest BCUT2D eigenvalue weighted by atomic mass is 10.1. The van der Waals surface area contributed by atoms with E-state index in [9.17, 15) is 14.4 Å². The van der Waals surface area contributed by atoms with Crippen molar-refractivity contribution < 1.29 is 19.1 Å². The number of thiophene rings is 1. The SMILES string of the molecule is C=CCn1c(SCC(=O)Nc2sc(C(N)=O)c(C)c2C(=O)OC(C)C)nnc1-c1ccc(N(C)C)cc1. The molecule has 0 saturated heterocycles. The Morgan fingerprint density at radius 2 is 1.92 bits per heavy atom. The van der Waals surface area contributed by atoms with Crippen LogP contribution in [0.4, 0.5) is 10.7 Å². The summed E-state index contributed by atoms with van der Waals surface area (Å²) in [5, 5.41) is 12.1. The Morgan fingerprint density at radius 3 is 2.49 bits per heavy atom. The number of carbonyl (C=O) groups excluding carboxylic acids is 3. The summed E-state index contributed by atoms with van der Waals surface area (Å²) in [6.07, 6.45) is 1.37. The second-order valence-electron chi connectivity index (χ2n) is 8.56. The number of anilines is 2. The van der Waals surface area contributed by atoms with Crippen LogP contribution in [0.1, 0.15) is 39.4 Å². The predicted molar refractivity (Wildman–Crippen MR) is 147 cm³/mol. The van der Waals surface area contributed by atoms with E-state index in [4.69, 9.17) is 10.5 Å². The molecule has 1 aromatic carbocycles. The molecule has 0 saturated carbocycles. The Balaban J connectivity index is 1.79. The number of hydrogen-bond acceptors (Lipinski definition) is 9. The van der Waals surface area contributed by atoms with Crippen LogP contribution in [-0.2, 0) is 16.1 Å². The maximum Gasteiger partial charge on any atom is 0.341 e. The zero-order valence-corrected chi connectivity index (χ0v) is 23.0. The van der Waals surface area contributed by atoms with Gasteiger partial charge < -0.3 is 20.7 Å². The van der Waals surface area contributed by atoms with E-state index in [1.807, 2.05) is 47.8 Å². The third kappa shape index (κ3) is 6.57. The minimum Gasteiger partial charge on any atom is -0.459 e. The molecule has 0 aliphatic rings. The average molecular weight is 543 g/mol. The normalized spacial score (nSPS) is 10.9. The third-order valence-electron chi connectivity index (χ3n) is 5.17. The summed E-state index contributed by atoms with van der Waals surface area (Å²) in [7, 11) is 3.94. The lowest BCUT2D eigenvalue weighted by molar-refractivity contribution is -0.113. The van der Waals surface area contributed by atoms with Gasteiger partial charge in [0.1, 0.15) is 5.00 Å². The van der Waals surface area contributed by atoms with E-state index >= 15 is 0 Å². The Morgan fingerprint density at radius 1 is 1.24 bits per heavy atom. The van der Waals surface area contributed by atoms with Crippen molar-refractivity contribution in [2.24, 2.45) is 5.73 Å². The van der Waals surface area contributed by atoms with Crippen LogP contribution >= 0.6 is 23.1 Å². The fraction of sp³-hybridized carbons (Fsp3) is 0.320. The van der Waals surface area contributed by atoms with Crippen LogP contribution in [0.3, 0.4) is 0 Å². The second kappa shape index (κ2) is 12.1. The first kappa shape index (κ1) is 27.9. The first-order valence-electron chi connectivity index (χ1n) is 11.4. The van der Waals surface area contributed by atoms with E-state index in [0.29, 0.717) is 23.1 Å². The van der Waals surface area contributed by atoms with Gasteiger partial charge in [0.05, 0.1) is 22.3 Å². The predicted octanol–water partition coefficient (Wildman–Crippen LogP) is 3.96. The van der Waals surface area contributed by atoms with Crippen molar-refractivity contribution in [1.29, 1.82) is 0 Å². The molecular formula is C25H30N6O4S2. The number of aromatic nitrogens is 3. The van der Waals surface area contributed by atoms with Gasteiger partial charge in [-0.3, -0.25) is 14.2 Å². The Bertz CT molecular complexity index is 1310. The number of esters is 1. The minimum absolute atomic E-state index is 0.00361. The third-order valence-corrected chi connectivity index (χ3v) is 7.36. The van der Waals surface area contributed by atoms with Crippen molar-refractivity contribution in [2.75, 3.05) is 30.1 Å². The highest BCUT2D eigenvalue weighted by atomic mass is 32.2. The van der Waals surface area contributed by atoms with E-state index in [1.54, 1.807) is 26.8 Å². The Kier molecular flexibility index (Phi) is 9.11. The molecule has 0 bridgehead atoms. The van der Waals surface area contributed by atoms with Crippen LogP contribution in [-0.4, -0.2) is 58.5 Å². The van der Waals surface area contributed by atoms with E-state index < -0.39 is 11.9 Å². The highest BCUT2D eigenvalue weighted by Crippen LogP contribution is 2.34. The van der Waals surface area contributed by atoms with Gasteiger partial charge in [-0.15, -0.1) is 28.1 Å². The minimum atomic E-state index is -0.681. The topological polar surface area (TPSA) is 132 Å². The molecule has 3 N–H and O–H groups in total. The molecular weight excluding hydrogens is 512 g/mol. The molecule has 0 aliphatic carbocycles. The highest BCUT2D eigenvalue weighted by Gasteiger charge is 2.26. The number of nitrogens with zero attached hydrogens (tertiary/aromatic N) is 4. The monoisotopic (exact) mass is 542 g/mol. The summed E-state index contributed by atoms with van der Waals surface area (Å²) in [4.78, 5) is 39.5. The second-order valence-corrected chi connectivity index (χ2v) is 10.5. The van der Waals surface area contributed by atoms with Crippen molar-refractivity contribution in [1.82, 2.24) is 14.8 Å². The first-order valence-corrected chi connectivity index (χ1v) is 13.2. The molecule has 2 heterocycles. The van der Waals surface area contributed by atoms with Gasteiger partial charge in [-0.05, 0) is 50.6 Å². The van der Waals surface area contributed by atoms with Crippen LogP contribution in [0.25, 0.3) is 11.4 Å². The number of nitrogens with one attached hydrogen (secondary N) is 1. The molecule has 0 spiro atoms. The van der Waals surface area contributed by atoms with Gasteiger partial charge in [0.15, 0.2) is 11.0 Å². The molecule has 196 valence electrons. The smallest absolute Gasteiger partial charge is 0.341 e. The number of ether oxygens (including phenoxy) is 1. The lowest BCUT2D eigenvalue weighted by Crippen LogP contribution is -2.18. The standard InChI is InChI=1S/C25H30N6O4S2/c1-7-12-31-22(16-8-10-17(11-9-16)30(5)6)28-29-25(31)36-13-18(32)27-23-19(24(34)35-14(2)3)15(4)20(37-23)21(26)33/h7-11,14H,1,12-13H2,2-6H3,(H2,26,33)(H,27,32). The zero-order valence-electron chi connectivity index (χ0n) is 21.4. The first-order chi connectivity index (χ1) is 17.5. The van der Waals surface area contributed by atoms with Crippen LogP contribution in [0.2, 0.25) is 0 Å². The van der Waals surface area contributed by atoms with Gasteiger partial charge in [-0.25, -0.2) is 4.79 Å². The number of primary amides is 1. The van der Waals surface area contributed by atoms with E-state index in [0.717, 1.165) is 22.6 Å². The molecule has 2 amide bonds. The summed E-state index contributed by atoms with van der Waals surface area (Å²) < 4.78 is 7.17. The van der Waals surface area contributed by atoms with Crippen molar-refractivity contribution in [2.45, 2.75) is 38.6 Å². The summed E-state index contributed by atoms with van der Waals surface area (Å²) in [5.74, 6) is -1.04. The molecule has 0 aliphatic heterocycles. The van der Waals surface area contributed by atoms with Gasteiger partial charge in [0, 0.05) is 31.9 Å². The number of amides is 2. The lowest BCUT2D eigenvalue weighted by Gasteiger charge is -2.13. The zero-order chi connectivity index (χ0) is 27.3. The molecule has 37 heavy (non-hydrogen) atoms. The average Bonchev–Trinajstić information content (AvgIpc) is 3.38. The van der Waals surface area contributed by atoms with Gasteiger partial charge in [0.25, 0.3) is 5.91 Å². The molecule has 0 unspecified atom stereocenters. The Labute approximate surface area is 223 Å². The number of benzene rings is 1. The van der Waals surface area contributed by atoms with E-state index in [-0.39, 0.29) is 33.2 Å². The number of nitrogens with two attached hydrogens (primary N) is 1. The number of thioether (sulfide) groups is 1. The summed E-state index contributed by atoms with van der Waals surface area (Å²) >= 11 is 2.15. The summed E-state index contributed by atoms with van der Waals surface area (Å²) in [5.41, 5.74) is 7.91. The van der Waals surface area contributed by atoms with Gasteiger partial charge in [0.2, 0.25) is 5.91 Å².